The lowest BCUT2D eigenvalue weighted by Gasteiger charge is -2.52. The summed E-state index contributed by atoms with van der Waals surface area (Å²) in [6.45, 7) is 8.08. The van der Waals surface area contributed by atoms with Gasteiger partial charge in [-0.25, -0.2) is 12.7 Å². The SMILES string of the molecule is C=CCC1(C)CC(c2cccc(Cl)c2)C(c2ccc(Cl)cc2)N(C(CC)CN(C)S(C)(=O)=O)C1=O. The number of nitrogens with zero attached hydrogens (tertiary/aromatic N) is 2. The quantitative estimate of drug-likeness (QED) is 0.353. The van der Waals surface area contributed by atoms with Gasteiger partial charge in [0.2, 0.25) is 15.9 Å². The van der Waals surface area contributed by atoms with Crippen LogP contribution in [0.25, 0.3) is 0 Å². The van der Waals surface area contributed by atoms with E-state index in [1.54, 1.807) is 13.1 Å². The van der Waals surface area contributed by atoms with E-state index in [9.17, 15) is 13.2 Å². The predicted molar refractivity (Wildman–Crippen MR) is 144 cm³/mol. The molecule has 0 N–H and O–H groups in total. The van der Waals surface area contributed by atoms with E-state index in [1.165, 1.54) is 10.6 Å². The van der Waals surface area contributed by atoms with Gasteiger partial charge in [0.1, 0.15) is 0 Å². The molecule has 8 heteroatoms. The van der Waals surface area contributed by atoms with Crippen LogP contribution in [0.2, 0.25) is 10.0 Å². The molecule has 1 aliphatic heterocycles. The topological polar surface area (TPSA) is 57.7 Å². The first-order chi connectivity index (χ1) is 16.4. The first kappa shape index (κ1) is 27.7. The summed E-state index contributed by atoms with van der Waals surface area (Å²) >= 11 is 12.6. The number of sulfonamides is 1. The van der Waals surface area contributed by atoms with Crippen LogP contribution in [0.1, 0.15) is 56.2 Å². The molecule has 1 amide bonds. The van der Waals surface area contributed by atoms with Crippen LogP contribution in [0.5, 0.6) is 0 Å². The van der Waals surface area contributed by atoms with E-state index in [2.05, 4.69) is 6.58 Å². The van der Waals surface area contributed by atoms with Crippen LogP contribution in [0, 0.1) is 5.41 Å². The van der Waals surface area contributed by atoms with Gasteiger partial charge < -0.3 is 4.90 Å². The molecule has 4 atom stereocenters. The Morgan fingerprint density at radius 2 is 1.83 bits per heavy atom. The zero-order valence-electron chi connectivity index (χ0n) is 20.7. The van der Waals surface area contributed by atoms with Gasteiger partial charge in [-0.3, -0.25) is 4.79 Å². The molecule has 190 valence electrons. The number of halogens is 2. The first-order valence-electron chi connectivity index (χ1n) is 11.8. The molecule has 1 aliphatic rings. The molecule has 35 heavy (non-hydrogen) atoms. The summed E-state index contributed by atoms with van der Waals surface area (Å²) in [4.78, 5) is 16.1. The van der Waals surface area contributed by atoms with Gasteiger partial charge in [-0.05, 0) is 54.7 Å². The van der Waals surface area contributed by atoms with E-state index in [0.29, 0.717) is 29.3 Å². The Bertz CT molecular complexity index is 1170. The van der Waals surface area contributed by atoms with Gasteiger partial charge in [0.05, 0.1) is 17.7 Å². The van der Waals surface area contributed by atoms with Gasteiger partial charge >= 0.3 is 0 Å². The largest absolute Gasteiger partial charge is 0.330 e. The highest BCUT2D eigenvalue weighted by Crippen LogP contribution is 2.52. The Kier molecular flexibility index (Phi) is 8.74. The zero-order valence-corrected chi connectivity index (χ0v) is 23.1. The Balaban J connectivity index is 2.23. The van der Waals surface area contributed by atoms with Crippen LogP contribution in [0.3, 0.4) is 0 Å². The molecule has 0 radical (unpaired) electrons. The van der Waals surface area contributed by atoms with Crippen molar-refractivity contribution in [1.29, 1.82) is 0 Å². The number of carbonyl (C=O) groups is 1. The van der Waals surface area contributed by atoms with E-state index in [0.717, 1.165) is 11.1 Å². The second kappa shape index (κ2) is 11.0. The molecule has 3 rings (SSSR count). The number of likely N-dealkylation sites (N-methyl/N-ethyl adjacent to an activating group) is 1. The highest BCUT2D eigenvalue weighted by atomic mass is 35.5. The van der Waals surface area contributed by atoms with Crippen molar-refractivity contribution in [2.45, 2.75) is 51.1 Å². The smallest absolute Gasteiger partial charge is 0.229 e. The van der Waals surface area contributed by atoms with Gasteiger partial charge in [0.25, 0.3) is 0 Å². The van der Waals surface area contributed by atoms with Crippen LogP contribution in [-0.2, 0) is 14.8 Å². The van der Waals surface area contributed by atoms with Crippen LogP contribution in [-0.4, -0.2) is 49.4 Å². The lowest BCUT2D eigenvalue weighted by atomic mass is 9.67. The molecule has 0 aromatic heterocycles. The molecule has 0 aliphatic carbocycles. The lowest BCUT2D eigenvalue weighted by molar-refractivity contribution is -0.154. The maximum absolute atomic E-state index is 14.2. The van der Waals surface area contributed by atoms with Crippen molar-refractivity contribution >= 4 is 39.1 Å². The maximum Gasteiger partial charge on any atom is 0.229 e. The molecule has 1 heterocycles. The Morgan fingerprint density at radius 1 is 1.17 bits per heavy atom. The molecule has 0 spiro atoms. The van der Waals surface area contributed by atoms with Gasteiger partial charge in [0, 0.05) is 35.6 Å². The summed E-state index contributed by atoms with van der Waals surface area (Å²) in [5.41, 5.74) is 1.31. The molecule has 1 fully saturated rings. The van der Waals surface area contributed by atoms with Crippen LogP contribution in [0.15, 0.2) is 61.2 Å². The highest BCUT2D eigenvalue weighted by molar-refractivity contribution is 7.88. The third kappa shape index (κ3) is 6.11. The zero-order chi connectivity index (χ0) is 26.0. The monoisotopic (exact) mass is 536 g/mol. The molecular formula is C27H34Cl2N2O3S. The molecule has 2 aromatic rings. The minimum absolute atomic E-state index is 0.00405. The predicted octanol–water partition coefficient (Wildman–Crippen LogP) is 6.30. The Labute approximate surface area is 219 Å². The van der Waals surface area contributed by atoms with E-state index in [-0.39, 0.29) is 30.5 Å². The average molecular weight is 538 g/mol. The fraction of sp³-hybridized carbons (Fsp3) is 0.444. The molecular weight excluding hydrogens is 503 g/mol. The number of allylic oxidation sites excluding steroid dienone is 1. The number of piperidine rings is 1. The van der Waals surface area contributed by atoms with E-state index in [4.69, 9.17) is 23.2 Å². The van der Waals surface area contributed by atoms with Crippen LogP contribution in [0.4, 0.5) is 0 Å². The summed E-state index contributed by atoms with van der Waals surface area (Å²) in [6.07, 6.45) is 4.70. The molecule has 2 aromatic carbocycles. The summed E-state index contributed by atoms with van der Waals surface area (Å²) in [7, 11) is -1.86. The molecule has 4 unspecified atom stereocenters. The molecule has 1 saturated heterocycles. The summed E-state index contributed by atoms with van der Waals surface area (Å²) in [5, 5.41) is 1.25. The third-order valence-electron chi connectivity index (χ3n) is 7.08. The minimum Gasteiger partial charge on any atom is -0.330 e. The Hall–Kier alpha value is -1.86. The maximum atomic E-state index is 14.2. The average Bonchev–Trinajstić information content (AvgIpc) is 2.79. The number of rotatable bonds is 9. The molecule has 0 saturated carbocycles. The second-order valence-electron chi connectivity index (χ2n) is 9.73. The van der Waals surface area contributed by atoms with Crippen molar-refractivity contribution in [2.75, 3.05) is 19.8 Å². The number of carbonyl (C=O) groups excluding carboxylic acids is 1. The van der Waals surface area contributed by atoms with Crippen molar-refractivity contribution < 1.29 is 13.2 Å². The van der Waals surface area contributed by atoms with E-state index >= 15 is 0 Å². The minimum atomic E-state index is -3.42. The number of likely N-dealkylation sites (tertiary alicyclic amines) is 1. The number of benzene rings is 2. The third-order valence-corrected chi connectivity index (χ3v) is 8.85. The fourth-order valence-corrected chi connectivity index (χ4v) is 5.90. The fourth-order valence-electron chi connectivity index (χ4n) is 5.13. The van der Waals surface area contributed by atoms with Gasteiger partial charge in [0.15, 0.2) is 0 Å². The molecule has 0 bridgehead atoms. The van der Waals surface area contributed by atoms with Crippen molar-refractivity contribution in [2.24, 2.45) is 5.41 Å². The van der Waals surface area contributed by atoms with E-state index < -0.39 is 15.4 Å². The van der Waals surface area contributed by atoms with E-state index in [1.807, 2.05) is 67.3 Å². The summed E-state index contributed by atoms with van der Waals surface area (Å²) in [6, 6.07) is 14.7. The standard InChI is InChI=1S/C27H34Cl2N2O3S/c1-6-15-27(3)17-24(20-9-8-10-22(29)16-20)25(19-11-13-21(28)14-12-19)31(26(27)32)23(7-2)18-30(4)35(5,33)34/h6,8-14,16,23-25H,1,7,15,17-18H2,2-5H3. The molecule has 5 nitrogen and oxygen atoms in total. The van der Waals surface area contributed by atoms with Crippen LogP contribution < -0.4 is 0 Å². The lowest BCUT2D eigenvalue weighted by Crippen LogP contribution is -2.57. The van der Waals surface area contributed by atoms with Crippen molar-refractivity contribution in [3.63, 3.8) is 0 Å². The summed E-state index contributed by atoms with van der Waals surface area (Å²) in [5.74, 6) is -0.0560. The number of hydrogen-bond acceptors (Lipinski definition) is 3. The highest BCUT2D eigenvalue weighted by Gasteiger charge is 2.51. The Morgan fingerprint density at radius 3 is 2.37 bits per heavy atom. The number of amides is 1. The van der Waals surface area contributed by atoms with Gasteiger partial charge in [-0.2, -0.15) is 0 Å². The van der Waals surface area contributed by atoms with Crippen molar-refractivity contribution in [3.8, 4) is 0 Å². The van der Waals surface area contributed by atoms with Crippen molar-refractivity contribution in [1.82, 2.24) is 9.21 Å². The van der Waals surface area contributed by atoms with Crippen LogP contribution >= 0.6 is 23.2 Å². The first-order valence-corrected chi connectivity index (χ1v) is 14.4. The van der Waals surface area contributed by atoms with Gasteiger partial charge in [-0.15, -0.1) is 6.58 Å². The normalized spacial score (nSPS) is 24.0. The number of hydrogen-bond donors (Lipinski definition) is 0. The second-order valence-corrected chi connectivity index (χ2v) is 12.7. The van der Waals surface area contributed by atoms with Gasteiger partial charge in [-0.1, -0.05) is 67.4 Å². The van der Waals surface area contributed by atoms with Crippen molar-refractivity contribution in [3.05, 3.63) is 82.4 Å². The summed E-state index contributed by atoms with van der Waals surface area (Å²) < 4.78 is 25.9.